The Morgan fingerprint density at radius 2 is 1.53 bits per heavy atom. The molecule has 2 aromatic heterocycles. The summed E-state index contributed by atoms with van der Waals surface area (Å²) >= 11 is 0. The molecule has 13 heteroatoms. The first-order valence-electron chi connectivity index (χ1n) is 13.3. The van der Waals surface area contributed by atoms with Gasteiger partial charge in [-0.25, -0.2) is 15.0 Å². The van der Waals surface area contributed by atoms with Gasteiger partial charge in [-0.1, -0.05) is 30.3 Å². The Kier molecular flexibility index (Phi) is 8.71. The van der Waals surface area contributed by atoms with Crippen LogP contribution in [0.2, 0.25) is 0 Å². The van der Waals surface area contributed by atoms with Gasteiger partial charge in [0.2, 0.25) is 5.78 Å². The molecule has 1 fully saturated rings. The molecular weight excluding hydrogens is 560 g/mol. The molecule has 2 aromatic carbocycles. The number of hydrogen-bond donors (Lipinski definition) is 0. The zero-order chi connectivity index (χ0) is 30.5. The monoisotopic (exact) mass is 588 g/mol. The molecule has 3 heterocycles. The molecule has 4 aromatic rings. The summed E-state index contributed by atoms with van der Waals surface area (Å²) < 4.78 is 29.3. The van der Waals surface area contributed by atoms with Crippen LogP contribution in [0.15, 0.2) is 67.3 Å². The number of esters is 3. The number of aromatic nitrogens is 4. The van der Waals surface area contributed by atoms with Crippen LogP contribution >= 0.6 is 0 Å². The van der Waals surface area contributed by atoms with Crippen molar-refractivity contribution in [2.75, 3.05) is 6.61 Å². The largest absolute Gasteiger partial charge is 0.489 e. The molecule has 0 spiro atoms. The Balaban J connectivity index is 1.41. The lowest BCUT2D eigenvalue weighted by Gasteiger charge is -2.23. The Morgan fingerprint density at radius 1 is 0.837 bits per heavy atom. The van der Waals surface area contributed by atoms with E-state index in [1.807, 2.05) is 30.3 Å². The van der Waals surface area contributed by atoms with Gasteiger partial charge in [-0.15, -0.1) is 0 Å². The first kappa shape index (κ1) is 29.3. The second-order valence-electron chi connectivity index (χ2n) is 9.69. The van der Waals surface area contributed by atoms with Crippen LogP contribution in [0.4, 0.5) is 0 Å². The number of ketones is 1. The van der Waals surface area contributed by atoms with E-state index in [1.54, 1.807) is 24.3 Å². The normalized spacial score (nSPS) is 19.5. The van der Waals surface area contributed by atoms with Crippen LogP contribution < -0.4 is 4.74 Å². The number of fused-ring (bicyclic) bond motifs is 1. The molecule has 1 saturated heterocycles. The van der Waals surface area contributed by atoms with Crippen molar-refractivity contribution in [2.45, 2.75) is 51.9 Å². The van der Waals surface area contributed by atoms with Crippen LogP contribution in [-0.2, 0) is 39.9 Å². The highest BCUT2D eigenvalue weighted by Gasteiger charge is 2.51. The molecule has 13 nitrogen and oxygen atoms in total. The summed E-state index contributed by atoms with van der Waals surface area (Å²) in [5.74, 6) is -1.69. The van der Waals surface area contributed by atoms with Crippen LogP contribution in [0, 0.1) is 0 Å². The Hall–Kier alpha value is -5.17. The summed E-state index contributed by atoms with van der Waals surface area (Å²) in [6.07, 6.45) is -1.73. The third-order valence-electron chi connectivity index (χ3n) is 6.55. The number of hydrogen-bond acceptors (Lipinski definition) is 12. The van der Waals surface area contributed by atoms with Gasteiger partial charge in [0.05, 0.1) is 6.33 Å². The van der Waals surface area contributed by atoms with Crippen LogP contribution in [0.3, 0.4) is 0 Å². The lowest BCUT2D eigenvalue weighted by molar-refractivity contribution is -0.166. The molecule has 0 amide bonds. The lowest BCUT2D eigenvalue weighted by atomic mass is 10.1. The second kappa shape index (κ2) is 12.8. The molecule has 0 bridgehead atoms. The molecule has 43 heavy (non-hydrogen) atoms. The SMILES string of the molecule is CC(=O)OC[C@H]1O[C@@H](n2cnc3c(C(=O)c4ccc(OCc5ccccc5)cc4)ncnc32)[C@H](OC(C)=O)[C@@H]1OC(C)=O. The van der Waals surface area contributed by atoms with E-state index in [1.165, 1.54) is 38.0 Å². The minimum Gasteiger partial charge on any atom is -0.489 e. The smallest absolute Gasteiger partial charge is 0.303 e. The zero-order valence-electron chi connectivity index (χ0n) is 23.5. The molecule has 0 N–H and O–H groups in total. The van der Waals surface area contributed by atoms with E-state index < -0.39 is 48.2 Å². The van der Waals surface area contributed by atoms with Gasteiger partial charge in [0, 0.05) is 26.3 Å². The van der Waals surface area contributed by atoms with Gasteiger partial charge in [-0.05, 0) is 29.8 Å². The summed E-state index contributed by atoms with van der Waals surface area (Å²) in [6, 6.07) is 16.4. The van der Waals surface area contributed by atoms with Crippen LogP contribution in [0.25, 0.3) is 11.2 Å². The quantitative estimate of drug-likeness (QED) is 0.152. The van der Waals surface area contributed by atoms with E-state index in [-0.39, 0.29) is 23.5 Å². The summed E-state index contributed by atoms with van der Waals surface area (Å²) in [5, 5.41) is 0. The molecule has 0 aliphatic carbocycles. The van der Waals surface area contributed by atoms with Crippen LogP contribution in [0.5, 0.6) is 5.75 Å². The number of benzene rings is 2. The van der Waals surface area contributed by atoms with Crippen LogP contribution in [-0.4, -0.2) is 68.1 Å². The molecule has 0 unspecified atom stereocenters. The van der Waals surface area contributed by atoms with E-state index in [0.29, 0.717) is 17.9 Å². The molecule has 1 aliphatic heterocycles. The van der Waals surface area contributed by atoms with Crippen molar-refractivity contribution in [1.82, 2.24) is 19.5 Å². The number of carbonyl (C=O) groups excluding carboxylic acids is 4. The zero-order valence-corrected chi connectivity index (χ0v) is 23.5. The molecule has 0 radical (unpaired) electrons. The van der Waals surface area contributed by atoms with Crippen molar-refractivity contribution >= 4 is 34.9 Å². The molecule has 5 rings (SSSR count). The number of ether oxygens (including phenoxy) is 5. The number of rotatable bonds is 10. The van der Waals surface area contributed by atoms with Crippen molar-refractivity contribution in [2.24, 2.45) is 0 Å². The highest BCUT2D eigenvalue weighted by Crippen LogP contribution is 2.36. The van der Waals surface area contributed by atoms with E-state index in [2.05, 4.69) is 15.0 Å². The first-order chi connectivity index (χ1) is 20.7. The fourth-order valence-corrected chi connectivity index (χ4v) is 4.70. The van der Waals surface area contributed by atoms with E-state index in [9.17, 15) is 19.2 Å². The average molecular weight is 589 g/mol. The minimum absolute atomic E-state index is 0.0386. The van der Waals surface area contributed by atoms with Gasteiger partial charge < -0.3 is 23.7 Å². The maximum atomic E-state index is 13.5. The van der Waals surface area contributed by atoms with Crippen molar-refractivity contribution in [1.29, 1.82) is 0 Å². The molecule has 0 saturated carbocycles. The lowest BCUT2D eigenvalue weighted by Crippen LogP contribution is -2.40. The summed E-state index contributed by atoms with van der Waals surface area (Å²) in [5.41, 5.74) is 1.79. The molecular formula is C30H28N4O9. The second-order valence-corrected chi connectivity index (χ2v) is 9.69. The van der Waals surface area contributed by atoms with Gasteiger partial charge >= 0.3 is 17.9 Å². The number of nitrogens with zero attached hydrogens (tertiary/aromatic N) is 4. The first-order valence-corrected chi connectivity index (χ1v) is 13.3. The van der Waals surface area contributed by atoms with Gasteiger partial charge in [0.25, 0.3) is 0 Å². The van der Waals surface area contributed by atoms with Crippen molar-refractivity contribution < 1.29 is 42.9 Å². The third kappa shape index (κ3) is 6.67. The van der Waals surface area contributed by atoms with Gasteiger partial charge in [0.15, 0.2) is 24.1 Å². The minimum atomic E-state index is -1.14. The average Bonchev–Trinajstić information content (AvgIpc) is 3.56. The maximum absolute atomic E-state index is 13.5. The molecule has 4 atom stereocenters. The van der Waals surface area contributed by atoms with E-state index >= 15 is 0 Å². The van der Waals surface area contributed by atoms with E-state index in [4.69, 9.17) is 23.7 Å². The van der Waals surface area contributed by atoms with Crippen LogP contribution in [0.1, 0.15) is 48.6 Å². The van der Waals surface area contributed by atoms with Gasteiger partial charge in [0.1, 0.15) is 42.6 Å². The highest BCUT2D eigenvalue weighted by molar-refractivity contribution is 6.13. The molecule has 222 valence electrons. The van der Waals surface area contributed by atoms with Gasteiger partial charge in [-0.3, -0.25) is 23.7 Å². The Bertz CT molecular complexity index is 1640. The number of imidazole rings is 1. The van der Waals surface area contributed by atoms with E-state index in [0.717, 1.165) is 5.56 Å². The summed E-state index contributed by atoms with van der Waals surface area (Å²) in [6.45, 7) is 3.74. The van der Waals surface area contributed by atoms with Crippen molar-refractivity contribution in [3.05, 3.63) is 84.1 Å². The summed E-state index contributed by atoms with van der Waals surface area (Å²) in [4.78, 5) is 61.7. The standard InChI is InChI=1S/C30H28N4O9/c1-17(35)39-14-23-27(41-18(2)36)28(42-19(3)37)30(43-23)34-16-33-25-24(31-15-32-29(25)34)26(38)21-9-11-22(12-10-21)40-13-20-7-5-4-6-8-20/h4-12,15-16,23,27-28,30H,13-14H2,1-3H3/t23-,27-,28-,30-/m1/s1. The third-order valence-corrected chi connectivity index (χ3v) is 6.55. The topological polar surface area (TPSA) is 158 Å². The predicted molar refractivity (Wildman–Crippen MR) is 148 cm³/mol. The fraction of sp³-hybridized carbons (Fsp3) is 0.300. The Labute approximate surface area is 245 Å². The maximum Gasteiger partial charge on any atom is 0.303 e. The van der Waals surface area contributed by atoms with Crippen molar-refractivity contribution in [3.63, 3.8) is 0 Å². The Morgan fingerprint density at radius 3 is 2.21 bits per heavy atom. The highest BCUT2D eigenvalue weighted by atomic mass is 16.7. The van der Waals surface area contributed by atoms with Crippen molar-refractivity contribution in [3.8, 4) is 5.75 Å². The fourth-order valence-electron chi connectivity index (χ4n) is 4.70. The number of carbonyl (C=O) groups is 4. The summed E-state index contributed by atoms with van der Waals surface area (Å²) in [7, 11) is 0. The predicted octanol–water partition coefficient (Wildman–Crippen LogP) is 2.96. The van der Waals surface area contributed by atoms with Gasteiger partial charge in [-0.2, -0.15) is 0 Å². The molecule has 1 aliphatic rings.